The van der Waals surface area contributed by atoms with Crippen LogP contribution in [0.2, 0.25) is 5.02 Å². The van der Waals surface area contributed by atoms with E-state index in [1.807, 2.05) is 26.0 Å². The Morgan fingerprint density at radius 2 is 2.05 bits per heavy atom. The molecule has 1 aliphatic heterocycles. The lowest BCUT2D eigenvalue weighted by Gasteiger charge is -2.28. The number of benzene rings is 1. The van der Waals surface area contributed by atoms with Gasteiger partial charge in [-0.25, -0.2) is 0 Å². The summed E-state index contributed by atoms with van der Waals surface area (Å²) in [6.45, 7) is 14.7. The summed E-state index contributed by atoms with van der Waals surface area (Å²) >= 11 is 6.66. The maximum absolute atomic E-state index is 13.8. The molecule has 41 heavy (non-hydrogen) atoms. The number of hydrazine groups is 2. The average Bonchev–Trinajstić information content (AvgIpc) is 3.59. The number of nitriles is 1. The van der Waals surface area contributed by atoms with E-state index < -0.39 is 17.8 Å². The summed E-state index contributed by atoms with van der Waals surface area (Å²) in [5.74, 6) is 0. The predicted molar refractivity (Wildman–Crippen MR) is 158 cm³/mol. The van der Waals surface area contributed by atoms with E-state index in [1.54, 1.807) is 12.3 Å². The van der Waals surface area contributed by atoms with Crippen LogP contribution in [0, 0.1) is 16.7 Å². The van der Waals surface area contributed by atoms with Crippen LogP contribution in [0.4, 0.5) is 24.5 Å². The highest BCUT2D eigenvalue weighted by molar-refractivity contribution is 6.35. The van der Waals surface area contributed by atoms with Crippen LogP contribution in [-0.2, 0) is 0 Å². The molecule has 1 aliphatic carbocycles. The Morgan fingerprint density at radius 3 is 2.63 bits per heavy atom. The molecule has 0 spiro atoms. The Morgan fingerprint density at radius 1 is 1.34 bits per heavy atom. The lowest BCUT2D eigenvalue weighted by Crippen LogP contribution is -2.52. The highest BCUT2D eigenvalue weighted by Gasteiger charge is 2.67. The number of allylic oxidation sites excluding steroid dienone is 2. The molecule has 0 radical (unpaired) electrons. The fourth-order valence-electron chi connectivity index (χ4n) is 4.33. The third-order valence-corrected chi connectivity index (χ3v) is 7.27. The van der Waals surface area contributed by atoms with Crippen molar-refractivity contribution >= 4 is 40.1 Å². The highest BCUT2D eigenvalue weighted by Crippen LogP contribution is 2.53. The molecule has 1 aromatic carbocycles. The summed E-state index contributed by atoms with van der Waals surface area (Å²) in [7, 11) is 0. The summed E-state index contributed by atoms with van der Waals surface area (Å²) < 4.78 is 41.4. The minimum atomic E-state index is -4.40. The minimum absolute atomic E-state index is 0.00516. The van der Waals surface area contributed by atoms with Gasteiger partial charge in [0.2, 0.25) is 0 Å². The molecule has 0 amide bonds. The van der Waals surface area contributed by atoms with Gasteiger partial charge in [0, 0.05) is 41.9 Å². The second kappa shape index (κ2) is 11.3. The molecule has 1 saturated carbocycles. The van der Waals surface area contributed by atoms with E-state index in [9.17, 15) is 18.4 Å². The zero-order valence-electron chi connectivity index (χ0n) is 23.7. The monoisotopic (exact) mass is 586 g/mol. The molecule has 2 aliphatic rings. The Hall–Kier alpha value is -3.75. The fraction of sp³-hybridized carbons (Fsp3) is 0.414. The smallest absolute Gasteiger partial charge is 0.383 e. The second-order valence-electron chi connectivity index (χ2n) is 11.5. The average molecular weight is 587 g/mol. The molecule has 1 fully saturated rings. The summed E-state index contributed by atoms with van der Waals surface area (Å²) in [5, 5.41) is 18.5. The van der Waals surface area contributed by atoms with Gasteiger partial charge in [0.25, 0.3) is 0 Å². The van der Waals surface area contributed by atoms with Crippen LogP contribution >= 0.6 is 11.6 Å². The van der Waals surface area contributed by atoms with E-state index in [4.69, 9.17) is 11.6 Å². The SMILES string of the molecule is C=C(C=N/C(C)=C\C)[C@H](Nc1cc(Cl)c2ncc(C#N)c(NCC(C)(C)C)c2c1)C1=CN(C2(C(F)(F)F)CC2)NN1. The number of aliphatic imine (C=N–C) groups is 1. The van der Waals surface area contributed by atoms with E-state index >= 15 is 0 Å². The topological polar surface area (TPSA) is 100 Å². The van der Waals surface area contributed by atoms with Gasteiger partial charge in [-0.15, -0.1) is 5.53 Å². The van der Waals surface area contributed by atoms with E-state index in [-0.39, 0.29) is 18.3 Å². The largest absolute Gasteiger partial charge is 0.413 e. The van der Waals surface area contributed by atoms with Gasteiger partial charge in [0.05, 0.1) is 33.5 Å². The third kappa shape index (κ3) is 6.44. The van der Waals surface area contributed by atoms with Gasteiger partial charge in [-0.2, -0.15) is 18.4 Å². The van der Waals surface area contributed by atoms with Crippen LogP contribution in [0.5, 0.6) is 0 Å². The standard InChI is InChI=1S/C29H34ClF3N8/c1-7-18(3)35-13-17(2)24(23-15-41(40-39-23)28(8-9-28)29(31,32)33)38-20-10-21-25(37-16-27(4,5)6)19(12-34)14-36-26(21)22(30)11-20/h7,10-11,13-15,24,38-40H,2,8-9,16H2,1,3-6H3,(H,36,37)/b18-7-,35-13?/t24-/m0/s1. The first-order chi connectivity index (χ1) is 19.2. The molecule has 12 heteroatoms. The number of nitrogens with one attached hydrogen (secondary N) is 4. The summed E-state index contributed by atoms with van der Waals surface area (Å²) in [5.41, 5.74) is 7.23. The molecule has 0 unspecified atom stereocenters. The third-order valence-electron chi connectivity index (χ3n) is 6.99. The van der Waals surface area contributed by atoms with Crippen molar-refractivity contribution in [1.29, 1.82) is 5.26 Å². The van der Waals surface area contributed by atoms with E-state index in [1.165, 1.54) is 12.4 Å². The van der Waals surface area contributed by atoms with Crippen LogP contribution in [0.15, 0.2) is 59.1 Å². The zero-order chi connectivity index (χ0) is 30.2. The lowest BCUT2D eigenvalue weighted by molar-refractivity contribution is -0.195. The number of alkyl halides is 3. The Balaban J connectivity index is 1.75. The van der Waals surface area contributed by atoms with Gasteiger partial charge in [0.1, 0.15) is 6.07 Å². The van der Waals surface area contributed by atoms with E-state index in [0.29, 0.717) is 50.7 Å². The molecular formula is C29H34ClF3N8. The van der Waals surface area contributed by atoms with Crippen LogP contribution in [-0.4, -0.2) is 40.5 Å². The predicted octanol–water partition coefficient (Wildman–Crippen LogP) is 6.81. The highest BCUT2D eigenvalue weighted by atomic mass is 35.5. The second-order valence-corrected chi connectivity index (χ2v) is 11.9. The maximum atomic E-state index is 13.8. The first-order valence-electron chi connectivity index (χ1n) is 13.2. The number of halogens is 4. The Labute approximate surface area is 243 Å². The number of hydrogen-bond donors (Lipinski definition) is 4. The quantitative estimate of drug-likeness (QED) is 0.239. The van der Waals surface area contributed by atoms with Crippen molar-refractivity contribution in [2.45, 2.75) is 65.2 Å². The molecular weight excluding hydrogens is 553 g/mol. The van der Waals surface area contributed by atoms with Crippen molar-refractivity contribution in [1.82, 2.24) is 21.0 Å². The molecule has 218 valence electrons. The minimum Gasteiger partial charge on any atom is -0.383 e. The Bertz CT molecular complexity index is 1480. The molecule has 0 saturated heterocycles. The van der Waals surface area contributed by atoms with Crippen molar-refractivity contribution in [3.05, 3.63) is 64.7 Å². The number of hydrogen-bond acceptors (Lipinski definition) is 8. The number of rotatable bonds is 9. The zero-order valence-corrected chi connectivity index (χ0v) is 24.4. The van der Waals surface area contributed by atoms with Crippen molar-refractivity contribution in [3.63, 3.8) is 0 Å². The van der Waals surface area contributed by atoms with Gasteiger partial charge in [0.15, 0.2) is 5.54 Å². The maximum Gasteiger partial charge on any atom is 0.413 e. The molecule has 1 aromatic heterocycles. The number of anilines is 2. The summed E-state index contributed by atoms with van der Waals surface area (Å²) in [6.07, 6.45) is 1.89. The van der Waals surface area contributed by atoms with Crippen LogP contribution in [0.1, 0.15) is 53.0 Å². The van der Waals surface area contributed by atoms with Gasteiger partial charge in [-0.05, 0) is 49.8 Å². The van der Waals surface area contributed by atoms with Crippen molar-refractivity contribution < 1.29 is 13.2 Å². The van der Waals surface area contributed by atoms with E-state index in [2.05, 4.69) is 65.0 Å². The van der Waals surface area contributed by atoms with Crippen LogP contribution in [0.3, 0.4) is 0 Å². The molecule has 8 nitrogen and oxygen atoms in total. The first kappa shape index (κ1) is 30.2. The lowest BCUT2D eigenvalue weighted by atomic mass is 9.96. The fourth-order valence-corrected chi connectivity index (χ4v) is 4.60. The molecule has 1 atom stereocenters. The summed E-state index contributed by atoms with van der Waals surface area (Å²) in [6, 6.07) is 4.99. The summed E-state index contributed by atoms with van der Waals surface area (Å²) in [4.78, 5) is 8.79. The first-order valence-corrected chi connectivity index (χ1v) is 13.5. The molecule has 4 rings (SSSR count). The molecule has 4 N–H and O–H groups in total. The van der Waals surface area contributed by atoms with Gasteiger partial charge in [-0.3, -0.25) is 15.0 Å². The number of pyridine rings is 1. The van der Waals surface area contributed by atoms with Gasteiger partial charge < -0.3 is 16.1 Å². The molecule has 2 heterocycles. The van der Waals surface area contributed by atoms with Crippen molar-refractivity contribution in [2.24, 2.45) is 10.4 Å². The molecule has 2 aromatic rings. The number of aromatic nitrogens is 1. The Kier molecular flexibility index (Phi) is 8.30. The van der Waals surface area contributed by atoms with Crippen molar-refractivity contribution in [3.8, 4) is 6.07 Å². The van der Waals surface area contributed by atoms with E-state index in [0.717, 1.165) is 10.7 Å². The number of fused-ring (bicyclic) bond motifs is 1. The number of nitrogens with zero attached hydrogens (tertiary/aromatic N) is 4. The van der Waals surface area contributed by atoms with Gasteiger partial charge >= 0.3 is 6.18 Å². The van der Waals surface area contributed by atoms with Gasteiger partial charge in [-0.1, -0.05) is 45.0 Å². The van der Waals surface area contributed by atoms with Crippen LogP contribution in [0.25, 0.3) is 10.9 Å². The van der Waals surface area contributed by atoms with Crippen LogP contribution < -0.4 is 21.6 Å². The molecule has 0 bridgehead atoms. The normalized spacial score (nSPS) is 17.7. The van der Waals surface area contributed by atoms with Crippen molar-refractivity contribution in [2.75, 3.05) is 17.2 Å².